The lowest BCUT2D eigenvalue weighted by molar-refractivity contribution is 1.08. The summed E-state index contributed by atoms with van der Waals surface area (Å²) < 4.78 is 14.5. The summed E-state index contributed by atoms with van der Waals surface area (Å²) in [6.45, 7) is 0. The van der Waals surface area contributed by atoms with Crippen molar-refractivity contribution in [2.24, 2.45) is 0 Å². The number of nitriles is 1. The Morgan fingerprint density at radius 2 is 0.452 bits per heavy atom. The average molecular weight is 1320 g/mol. The van der Waals surface area contributed by atoms with E-state index in [1.165, 1.54) is 43.1 Å². The van der Waals surface area contributed by atoms with E-state index in [-0.39, 0.29) is 0 Å². The van der Waals surface area contributed by atoms with Crippen LogP contribution in [0.25, 0.3) is 199 Å². The van der Waals surface area contributed by atoms with E-state index in [0.29, 0.717) is 17.0 Å². The third-order valence-corrected chi connectivity index (χ3v) is 21.6. The molecule has 0 spiro atoms. The third-order valence-electron chi connectivity index (χ3n) is 21.6. The Balaban J connectivity index is 0.879. The number of para-hydroxylation sites is 8. The smallest absolute Gasteiger partial charge is 0.161 e. The number of hydrogen-bond donors (Lipinski definition) is 0. The van der Waals surface area contributed by atoms with Crippen molar-refractivity contribution in [2.45, 2.75) is 0 Å². The van der Waals surface area contributed by atoms with E-state index < -0.39 is 0 Å². The molecule has 0 saturated carbocycles. The van der Waals surface area contributed by atoms with Gasteiger partial charge in [0.2, 0.25) is 0 Å². The van der Waals surface area contributed by atoms with Crippen LogP contribution in [0.15, 0.2) is 346 Å². The number of fused-ring (bicyclic) bond motifs is 18. The quantitative estimate of drug-likeness (QED) is 0.144. The van der Waals surface area contributed by atoms with E-state index in [2.05, 4.69) is 343 Å². The fourth-order valence-electron chi connectivity index (χ4n) is 17.2. The van der Waals surface area contributed by atoms with Crippen LogP contribution in [0, 0.1) is 11.3 Å². The standard InChI is InChI=1S/C95H57N9/c96-58-61-51-93(103-89-47-43-62(99-81-35-15-7-27-66(81)67-28-8-16-36-82(67)99)52-75(89)76-53-63(44-48-90(76)103)100-83-37-17-9-29-68(83)69-30-10-18-38-84(69)100)94(56-74(61)95-97-79(59-23-3-1-4-24-59)57-80(98-95)60-25-5-2-6-26-60)104-91-49-45-64(101-85-39-19-11-31-70(85)71-32-12-20-40-86(71)101)54-77(91)78-55-65(46-50-92(78)104)102-87-41-21-13-33-72(87)73-34-14-22-42-88(73)102/h1-57H. The zero-order valence-electron chi connectivity index (χ0n) is 55.9. The lowest BCUT2D eigenvalue weighted by atomic mass is 10.0. The van der Waals surface area contributed by atoms with Gasteiger partial charge in [-0.2, -0.15) is 5.26 Å². The number of hydrogen-bond acceptors (Lipinski definition) is 3. The van der Waals surface area contributed by atoms with Crippen molar-refractivity contribution < 1.29 is 0 Å². The second kappa shape index (κ2) is 22.3. The molecule has 22 aromatic rings. The van der Waals surface area contributed by atoms with Gasteiger partial charge in [0, 0.05) is 104 Å². The molecule has 0 aliphatic rings. The molecular formula is C95H57N9. The van der Waals surface area contributed by atoms with Crippen molar-refractivity contribution in [3.63, 3.8) is 0 Å². The number of nitrogens with zero attached hydrogens (tertiary/aromatic N) is 9. The molecular weight excluding hydrogens is 1270 g/mol. The van der Waals surface area contributed by atoms with Crippen LogP contribution in [0.2, 0.25) is 0 Å². The first-order chi connectivity index (χ1) is 51.6. The Morgan fingerprint density at radius 1 is 0.212 bits per heavy atom. The maximum absolute atomic E-state index is 12.1. The van der Waals surface area contributed by atoms with Gasteiger partial charge in [-0.1, -0.05) is 206 Å². The van der Waals surface area contributed by atoms with Crippen LogP contribution < -0.4 is 0 Å². The highest BCUT2D eigenvalue weighted by atomic mass is 15.1. The SMILES string of the molecule is N#Cc1cc(-n2c3ccc(-n4c5ccccc5c5ccccc54)cc3c3cc(-n4c5ccccc5c5ccccc54)ccc32)c(-n2c3ccc(-n4c5ccccc5c5ccccc54)cc3c3cc(-n4c5ccccc5c5ccccc54)ccc32)cc1-c1nc(-c2ccccc2)cc(-c2ccccc2)n1. The lowest BCUT2D eigenvalue weighted by Gasteiger charge is -2.20. The molecule has 0 unspecified atom stereocenters. The van der Waals surface area contributed by atoms with Gasteiger partial charge in [0.1, 0.15) is 0 Å². The predicted molar refractivity (Wildman–Crippen MR) is 429 cm³/mol. The van der Waals surface area contributed by atoms with Crippen LogP contribution in [-0.4, -0.2) is 37.4 Å². The fraction of sp³-hybridized carbons (Fsp3) is 0. The maximum atomic E-state index is 12.1. The summed E-state index contributed by atoms with van der Waals surface area (Å²) in [5.41, 5.74) is 23.1. The van der Waals surface area contributed by atoms with E-state index in [4.69, 9.17) is 9.97 Å². The van der Waals surface area contributed by atoms with E-state index in [1.807, 2.05) is 36.4 Å². The highest BCUT2D eigenvalue weighted by Gasteiger charge is 2.28. The molecule has 0 atom stereocenters. The largest absolute Gasteiger partial charge is 0.309 e. The predicted octanol–water partition coefficient (Wildman–Crippen LogP) is 23.9. The van der Waals surface area contributed by atoms with Crippen molar-refractivity contribution in [2.75, 3.05) is 0 Å². The Labute approximate surface area is 595 Å². The summed E-state index contributed by atoms with van der Waals surface area (Å²) in [6, 6.07) is 127. The molecule has 0 fully saturated rings. The molecule has 482 valence electrons. The van der Waals surface area contributed by atoms with Gasteiger partial charge in [0.25, 0.3) is 0 Å². The molecule has 104 heavy (non-hydrogen) atoms. The van der Waals surface area contributed by atoms with E-state index in [9.17, 15) is 5.26 Å². The lowest BCUT2D eigenvalue weighted by Crippen LogP contribution is -2.07. The van der Waals surface area contributed by atoms with E-state index in [1.54, 1.807) is 0 Å². The van der Waals surface area contributed by atoms with Crippen LogP contribution in [0.1, 0.15) is 5.56 Å². The summed E-state index contributed by atoms with van der Waals surface area (Å²) in [6.07, 6.45) is 0. The summed E-state index contributed by atoms with van der Waals surface area (Å²) in [4.78, 5) is 11.0. The average Bonchev–Trinajstić information content (AvgIpc) is 1.54. The molecule has 0 aliphatic heterocycles. The van der Waals surface area contributed by atoms with Gasteiger partial charge < -0.3 is 27.4 Å². The zero-order chi connectivity index (χ0) is 68.3. The molecule has 15 aromatic carbocycles. The molecule has 0 aliphatic carbocycles. The van der Waals surface area contributed by atoms with Crippen LogP contribution in [-0.2, 0) is 0 Å². The van der Waals surface area contributed by atoms with Gasteiger partial charge in [0.05, 0.1) is 101 Å². The molecule has 0 bridgehead atoms. The van der Waals surface area contributed by atoms with Gasteiger partial charge in [-0.25, -0.2) is 9.97 Å². The van der Waals surface area contributed by atoms with Gasteiger partial charge in [-0.05, 0) is 140 Å². The molecule has 0 amide bonds. The van der Waals surface area contributed by atoms with Gasteiger partial charge in [-0.15, -0.1) is 0 Å². The molecule has 9 heteroatoms. The summed E-state index contributed by atoms with van der Waals surface area (Å²) in [5.74, 6) is 0.437. The fourth-order valence-corrected chi connectivity index (χ4v) is 17.2. The topological polar surface area (TPSA) is 79.1 Å². The Kier molecular flexibility index (Phi) is 12.4. The van der Waals surface area contributed by atoms with Crippen LogP contribution in [0.5, 0.6) is 0 Å². The molecule has 0 N–H and O–H groups in total. The number of aromatic nitrogens is 8. The molecule has 0 saturated heterocycles. The van der Waals surface area contributed by atoms with Crippen molar-refractivity contribution in [3.8, 4) is 74.1 Å². The van der Waals surface area contributed by atoms with Crippen molar-refractivity contribution >= 4 is 131 Å². The van der Waals surface area contributed by atoms with Crippen molar-refractivity contribution in [1.82, 2.24) is 37.4 Å². The van der Waals surface area contributed by atoms with Gasteiger partial charge in [-0.3, -0.25) is 0 Å². The molecule has 7 heterocycles. The summed E-state index contributed by atoms with van der Waals surface area (Å²) >= 11 is 0. The zero-order valence-corrected chi connectivity index (χ0v) is 55.9. The number of benzene rings is 15. The van der Waals surface area contributed by atoms with E-state index in [0.717, 1.165) is 144 Å². The Morgan fingerprint density at radius 3 is 0.721 bits per heavy atom. The molecule has 9 nitrogen and oxygen atoms in total. The first-order valence-electron chi connectivity index (χ1n) is 35.3. The summed E-state index contributed by atoms with van der Waals surface area (Å²) in [5, 5.41) is 25.9. The highest BCUT2D eigenvalue weighted by molar-refractivity contribution is 6.17. The first kappa shape index (κ1) is 57.6. The normalized spacial score (nSPS) is 12.0. The minimum Gasteiger partial charge on any atom is -0.309 e. The van der Waals surface area contributed by atoms with E-state index >= 15 is 0 Å². The first-order valence-corrected chi connectivity index (χ1v) is 35.3. The van der Waals surface area contributed by atoms with Crippen LogP contribution in [0.3, 0.4) is 0 Å². The van der Waals surface area contributed by atoms with Crippen molar-refractivity contribution in [1.29, 1.82) is 5.26 Å². The van der Waals surface area contributed by atoms with Crippen LogP contribution in [0.4, 0.5) is 0 Å². The minimum atomic E-state index is 0.426. The molecule has 22 rings (SSSR count). The van der Waals surface area contributed by atoms with Gasteiger partial charge >= 0.3 is 0 Å². The molecule has 7 aromatic heterocycles. The third kappa shape index (κ3) is 8.42. The van der Waals surface area contributed by atoms with Crippen molar-refractivity contribution in [3.05, 3.63) is 351 Å². The minimum absolute atomic E-state index is 0.426. The molecule has 0 radical (unpaired) electrons. The second-order valence-electron chi connectivity index (χ2n) is 27.1. The summed E-state index contributed by atoms with van der Waals surface area (Å²) in [7, 11) is 0. The Bertz CT molecular complexity index is 6820. The number of rotatable bonds is 9. The second-order valence-corrected chi connectivity index (χ2v) is 27.1. The maximum Gasteiger partial charge on any atom is 0.161 e. The van der Waals surface area contributed by atoms with Crippen LogP contribution >= 0.6 is 0 Å². The highest BCUT2D eigenvalue weighted by Crippen LogP contribution is 2.46. The monoisotopic (exact) mass is 1320 g/mol. The Hall–Kier alpha value is -14.3. The van der Waals surface area contributed by atoms with Gasteiger partial charge in [0.15, 0.2) is 5.82 Å².